The van der Waals surface area contributed by atoms with E-state index in [1.165, 1.54) is 30.0 Å². The molecule has 2 heterocycles. The van der Waals surface area contributed by atoms with Crippen LogP contribution in [-0.2, 0) is 16.4 Å². The quantitative estimate of drug-likeness (QED) is 0.412. The normalized spacial score (nSPS) is 11.5. The van der Waals surface area contributed by atoms with Crippen LogP contribution in [-0.4, -0.2) is 37.0 Å². The molecular formula is C24H24N4O5S. The van der Waals surface area contributed by atoms with E-state index in [2.05, 4.69) is 15.0 Å². The highest BCUT2D eigenvalue weighted by atomic mass is 32.2. The van der Waals surface area contributed by atoms with Gasteiger partial charge < -0.3 is 9.26 Å². The predicted octanol–water partition coefficient (Wildman–Crippen LogP) is 3.03. The van der Waals surface area contributed by atoms with Crippen molar-refractivity contribution in [3.05, 3.63) is 88.0 Å². The molecule has 0 aliphatic rings. The first-order valence-corrected chi connectivity index (χ1v) is 12.0. The van der Waals surface area contributed by atoms with E-state index < -0.39 is 10.0 Å². The van der Waals surface area contributed by atoms with Gasteiger partial charge in [-0.1, -0.05) is 35.5 Å². The third-order valence-corrected chi connectivity index (χ3v) is 6.79. The van der Waals surface area contributed by atoms with E-state index in [1.54, 1.807) is 26.0 Å². The van der Waals surface area contributed by atoms with Gasteiger partial charge in [-0.3, -0.25) is 4.79 Å². The van der Waals surface area contributed by atoms with Gasteiger partial charge in [0.25, 0.3) is 5.56 Å². The molecule has 176 valence electrons. The number of hydrogen-bond donors (Lipinski definition) is 1. The minimum Gasteiger partial charge on any atom is -0.495 e. The Morgan fingerprint density at radius 3 is 2.50 bits per heavy atom. The number of sulfonamides is 1. The van der Waals surface area contributed by atoms with Crippen molar-refractivity contribution in [3.8, 4) is 22.7 Å². The van der Waals surface area contributed by atoms with E-state index in [0.717, 1.165) is 5.56 Å². The Morgan fingerprint density at radius 2 is 1.82 bits per heavy atom. The molecule has 2 aromatic heterocycles. The smallest absolute Gasteiger partial charge is 0.271 e. The second-order valence-electron chi connectivity index (χ2n) is 7.64. The van der Waals surface area contributed by atoms with Gasteiger partial charge in [-0.05, 0) is 50.1 Å². The number of nitrogens with one attached hydrogen (secondary N) is 1. The molecule has 0 radical (unpaired) electrons. The van der Waals surface area contributed by atoms with Gasteiger partial charge >= 0.3 is 0 Å². The molecule has 10 heteroatoms. The van der Waals surface area contributed by atoms with E-state index in [4.69, 9.17) is 9.26 Å². The highest BCUT2D eigenvalue weighted by molar-refractivity contribution is 7.89. The molecule has 0 atom stereocenters. The van der Waals surface area contributed by atoms with Crippen molar-refractivity contribution in [1.29, 1.82) is 0 Å². The third-order valence-electron chi connectivity index (χ3n) is 5.31. The van der Waals surface area contributed by atoms with Crippen molar-refractivity contribution in [2.45, 2.75) is 25.2 Å². The molecule has 0 spiro atoms. The summed E-state index contributed by atoms with van der Waals surface area (Å²) in [4.78, 5) is 12.5. The summed E-state index contributed by atoms with van der Waals surface area (Å²) in [6.07, 6.45) is 0.548. The monoisotopic (exact) mass is 480 g/mol. The molecule has 0 unspecified atom stereocenters. The first kappa shape index (κ1) is 23.4. The van der Waals surface area contributed by atoms with Gasteiger partial charge in [-0.15, -0.1) is 0 Å². The van der Waals surface area contributed by atoms with Gasteiger partial charge in [0.05, 0.1) is 12.8 Å². The number of benzene rings is 2. The molecule has 9 nitrogen and oxygen atoms in total. The highest BCUT2D eigenvalue weighted by Crippen LogP contribution is 2.29. The molecular weight excluding hydrogens is 456 g/mol. The molecule has 0 amide bonds. The standard InChI is InChI=1S/C24H24N4O5S/c1-16-24(17(2)33-27-16)28-23(29)12-10-20(26-28)19-9-11-21(32-3)22(15-19)34(30,31)25-14-13-18-7-5-4-6-8-18/h4-12,15,25H,13-14H2,1-3H3. The van der Waals surface area contributed by atoms with Crippen molar-refractivity contribution >= 4 is 10.0 Å². The van der Waals surface area contributed by atoms with Crippen LogP contribution in [0.5, 0.6) is 5.75 Å². The lowest BCUT2D eigenvalue weighted by molar-refractivity contribution is 0.392. The van der Waals surface area contributed by atoms with Crippen molar-refractivity contribution in [3.63, 3.8) is 0 Å². The Morgan fingerprint density at radius 1 is 1.06 bits per heavy atom. The van der Waals surface area contributed by atoms with Crippen LogP contribution in [0.25, 0.3) is 16.9 Å². The summed E-state index contributed by atoms with van der Waals surface area (Å²) in [6.45, 7) is 3.63. The van der Waals surface area contributed by atoms with Crippen molar-refractivity contribution in [1.82, 2.24) is 19.7 Å². The maximum absolute atomic E-state index is 13.1. The van der Waals surface area contributed by atoms with Crippen molar-refractivity contribution in [2.24, 2.45) is 0 Å². The summed E-state index contributed by atoms with van der Waals surface area (Å²) in [5.41, 5.74) is 2.55. The molecule has 0 saturated carbocycles. The number of ether oxygens (including phenoxy) is 1. The Labute approximate surface area is 197 Å². The van der Waals surface area contributed by atoms with Crippen molar-refractivity contribution < 1.29 is 17.7 Å². The van der Waals surface area contributed by atoms with E-state index in [0.29, 0.717) is 34.8 Å². The Bertz CT molecular complexity index is 1460. The summed E-state index contributed by atoms with van der Waals surface area (Å²) in [5.74, 6) is 0.653. The molecule has 0 fully saturated rings. The van der Waals surface area contributed by atoms with Crippen LogP contribution in [0.3, 0.4) is 0 Å². The Kier molecular flexibility index (Phi) is 6.62. The molecule has 2 aromatic carbocycles. The second kappa shape index (κ2) is 9.62. The van der Waals surface area contributed by atoms with E-state index in [9.17, 15) is 13.2 Å². The van der Waals surface area contributed by atoms with E-state index in [1.807, 2.05) is 30.3 Å². The fourth-order valence-electron chi connectivity index (χ4n) is 3.60. The number of nitrogens with zero attached hydrogens (tertiary/aromatic N) is 3. The predicted molar refractivity (Wildman–Crippen MR) is 127 cm³/mol. The van der Waals surface area contributed by atoms with Gasteiger partial charge in [0.1, 0.15) is 22.0 Å². The summed E-state index contributed by atoms with van der Waals surface area (Å²) >= 11 is 0. The van der Waals surface area contributed by atoms with E-state index in [-0.39, 0.29) is 22.7 Å². The average Bonchev–Trinajstić information content (AvgIpc) is 3.17. The summed E-state index contributed by atoms with van der Waals surface area (Å²) in [6, 6.07) is 17.2. The first-order chi connectivity index (χ1) is 16.3. The maximum Gasteiger partial charge on any atom is 0.271 e. The summed E-state index contributed by atoms with van der Waals surface area (Å²) in [5, 5.41) is 8.31. The fourth-order valence-corrected chi connectivity index (χ4v) is 4.83. The van der Waals surface area contributed by atoms with Crippen LogP contribution in [0.4, 0.5) is 0 Å². The number of aromatic nitrogens is 3. The van der Waals surface area contributed by atoms with Crippen LogP contribution in [0.1, 0.15) is 17.0 Å². The van der Waals surface area contributed by atoms with E-state index >= 15 is 0 Å². The lowest BCUT2D eigenvalue weighted by Gasteiger charge is -2.13. The van der Waals surface area contributed by atoms with Gasteiger partial charge in [0.2, 0.25) is 10.0 Å². The zero-order chi connectivity index (χ0) is 24.3. The number of methoxy groups -OCH3 is 1. The van der Waals surface area contributed by atoms with Gasteiger partial charge in [0, 0.05) is 18.2 Å². The minimum absolute atomic E-state index is 0.0162. The largest absolute Gasteiger partial charge is 0.495 e. The van der Waals surface area contributed by atoms with Crippen LogP contribution in [0.15, 0.2) is 74.9 Å². The molecule has 0 aliphatic carbocycles. The lowest BCUT2D eigenvalue weighted by atomic mass is 10.1. The number of rotatable bonds is 8. The van der Waals surface area contributed by atoms with Crippen molar-refractivity contribution in [2.75, 3.05) is 13.7 Å². The molecule has 1 N–H and O–H groups in total. The second-order valence-corrected chi connectivity index (χ2v) is 9.38. The molecule has 34 heavy (non-hydrogen) atoms. The summed E-state index contributed by atoms with van der Waals surface area (Å²) < 4.78 is 40.5. The van der Waals surface area contributed by atoms with Gasteiger partial charge in [-0.25, -0.2) is 13.1 Å². The molecule has 0 bridgehead atoms. The van der Waals surface area contributed by atoms with Crippen LogP contribution in [0.2, 0.25) is 0 Å². The van der Waals surface area contributed by atoms with Gasteiger partial charge in [0.15, 0.2) is 5.76 Å². The zero-order valence-corrected chi connectivity index (χ0v) is 19.8. The number of hydrogen-bond acceptors (Lipinski definition) is 7. The minimum atomic E-state index is -3.87. The molecule has 0 aliphatic heterocycles. The lowest BCUT2D eigenvalue weighted by Crippen LogP contribution is -2.26. The molecule has 4 aromatic rings. The van der Waals surface area contributed by atoms with Gasteiger partial charge in [-0.2, -0.15) is 9.78 Å². The first-order valence-electron chi connectivity index (χ1n) is 10.6. The zero-order valence-electron chi connectivity index (χ0n) is 19.0. The third kappa shape index (κ3) is 4.78. The van der Waals surface area contributed by atoms with Crippen LogP contribution >= 0.6 is 0 Å². The number of aryl methyl sites for hydroxylation is 2. The fraction of sp³-hybridized carbons (Fsp3) is 0.208. The molecule has 0 saturated heterocycles. The van der Waals surface area contributed by atoms with Crippen LogP contribution in [0, 0.1) is 13.8 Å². The SMILES string of the molecule is COc1ccc(-c2ccc(=O)n(-c3c(C)noc3C)n2)cc1S(=O)(=O)NCCc1ccccc1. The molecule has 4 rings (SSSR count). The topological polar surface area (TPSA) is 116 Å². The summed E-state index contributed by atoms with van der Waals surface area (Å²) in [7, 11) is -2.46. The Hall–Kier alpha value is -3.76. The average molecular weight is 481 g/mol. The Balaban J connectivity index is 1.68. The van der Waals surface area contributed by atoms with Crippen LogP contribution < -0.4 is 15.0 Å². The highest BCUT2D eigenvalue weighted by Gasteiger charge is 2.21. The maximum atomic E-state index is 13.1.